The van der Waals surface area contributed by atoms with Crippen molar-refractivity contribution < 1.29 is 4.74 Å². The summed E-state index contributed by atoms with van der Waals surface area (Å²) >= 11 is 1.81. The summed E-state index contributed by atoms with van der Waals surface area (Å²) in [4.78, 5) is 0. The van der Waals surface area contributed by atoms with E-state index in [2.05, 4.69) is 29.8 Å². The number of ether oxygens (including phenoxy) is 1. The Morgan fingerprint density at radius 3 is 2.88 bits per heavy atom. The number of hydrogen-bond acceptors (Lipinski definition) is 3. The number of benzene rings is 1. The summed E-state index contributed by atoms with van der Waals surface area (Å²) in [6.45, 7) is 2.22. The summed E-state index contributed by atoms with van der Waals surface area (Å²) in [5.41, 5.74) is 1.42. The van der Waals surface area contributed by atoms with E-state index in [-0.39, 0.29) is 0 Å². The van der Waals surface area contributed by atoms with Crippen LogP contribution in [0.5, 0.6) is 5.75 Å². The van der Waals surface area contributed by atoms with Crippen LogP contribution in [0.1, 0.15) is 18.9 Å². The number of likely N-dealkylation sites (N-methyl/N-ethyl adjacent to an activating group) is 1. The van der Waals surface area contributed by atoms with Gasteiger partial charge in [0.2, 0.25) is 0 Å². The van der Waals surface area contributed by atoms with Gasteiger partial charge in [0.05, 0.1) is 7.11 Å². The molecule has 0 aliphatic carbocycles. The Hall–Kier alpha value is -1.06. The molecule has 0 fully saturated rings. The first-order valence-corrected chi connectivity index (χ1v) is 6.87. The van der Waals surface area contributed by atoms with Crippen molar-refractivity contribution in [3.05, 3.63) is 29.1 Å². The molecule has 1 heterocycles. The van der Waals surface area contributed by atoms with Crippen LogP contribution in [-0.4, -0.2) is 20.2 Å². The number of methoxy groups -OCH3 is 1. The molecule has 17 heavy (non-hydrogen) atoms. The number of fused-ring (bicyclic) bond motifs is 1. The van der Waals surface area contributed by atoms with Crippen molar-refractivity contribution in [2.45, 2.75) is 25.8 Å². The van der Waals surface area contributed by atoms with E-state index in [0.29, 0.717) is 6.04 Å². The third-order valence-corrected chi connectivity index (χ3v) is 4.24. The SMILES string of the molecule is CCC(Cc1csc2ccc(OC)cc12)NC. The van der Waals surface area contributed by atoms with E-state index < -0.39 is 0 Å². The lowest BCUT2D eigenvalue weighted by Gasteiger charge is -2.13. The minimum atomic E-state index is 0.555. The van der Waals surface area contributed by atoms with Gasteiger partial charge in [-0.3, -0.25) is 0 Å². The van der Waals surface area contributed by atoms with Gasteiger partial charge in [-0.05, 0) is 54.4 Å². The first kappa shape index (κ1) is 12.4. The number of thiophene rings is 1. The normalized spacial score (nSPS) is 12.9. The van der Waals surface area contributed by atoms with E-state index in [0.717, 1.165) is 18.6 Å². The summed E-state index contributed by atoms with van der Waals surface area (Å²) in [6.07, 6.45) is 2.23. The third kappa shape index (κ3) is 2.61. The van der Waals surface area contributed by atoms with Crippen molar-refractivity contribution in [1.82, 2.24) is 5.32 Å². The Kier molecular flexibility index (Phi) is 4.02. The van der Waals surface area contributed by atoms with Crippen molar-refractivity contribution >= 4 is 21.4 Å². The van der Waals surface area contributed by atoms with Crippen molar-refractivity contribution in [3.8, 4) is 5.75 Å². The van der Waals surface area contributed by atoms with Crippen molar-refractivity contribution in [2.24, 2.45) is 0 Å². The molecule has 0 bridgehead atoms. The molecule has 2 nitrogen and oxygen atoms in total. The first-order chi connectivity index (χ1) is 8.28. The predicted molar refractivity (Wildman–Crippen MR) is 75.2 cm³/mol. The van der Waals surface area contributed by atoms with Gasteiger partial charge in [0, 0.05) is 10.7 Å². The highest BCUT2D eigenvalue weighted by Crippen LogP contribution is 2.30. The van der Waals surface area contributed by atoms with Gasteiger partial charge in [-0.15, -0.1) is 11.3 Å². The molecule has 0 saturated carbocycles. The molecule has 0 spiro atoms. The molecule has 3 heteroatoms. The Morgan fingerprint density at radius 1 is 1.41 bits per heavy atom. The highest BCUT2D eigenvalue weighted by molar-refractivity contribution is 7.17. The van der Waals surface area contributed by atoms with Crippen LogP contribution in [-0.2, 0) is 6.42 Å². The van der Waals surface area contributed by atoms with Crippen molar-refractivity contribution in [3.63, 3.8) is 0 Å². The molecule has 0 amide bonds. The molecule has 0 radical (unpaired) electrons. The van der Waals surface area contributed by atoms with E-state index in [1.165, 1.54) is 15.6 Å². The second-order valence-electron chi connectivity index (χ2n) is 4.22. The predicted octanol–water partition coefficient (Wildman–Crippen LogP) is 3.45. The fourth-order valence-corrected chi connectivity index (χ4v) is 3.02. The molecule has 1 aromatic carbocycles. The average molecular weight is 249 g/mol. The van der Waals surface area contributed by atoms with Crippen LogP contribution in [0, 0.1) is 0 Å². The van der Waals surface area contributed by atoms with Crippen LogP contribution < -0.4 is 10.1 Å². The van der Waals surface area contributed by atoms with Crippen LogP contribution in [0.3, 0.4) is 0 Å². The third-order valence-electron chi connectivity index (χ3n) is 3.23. The highest BCUT2D eigenvalue weighted by Gasteiger charge is 2.10. The van der Waals surface area contributed by atoms with Gasteiger partial charge in [-0.1, -0.05) is 6.92 Å². The number of rotatable bonds is 5. The smallest absolute Gasteiger partial charge is 0.119 e. The van der Waals surface area contributed by atoms with Crippen LogP contribution in [0.2, 0.25) is 0 Å². The molecule has 1 aromatic heterocycles. The largest absolute Gasteiger partial charge is 0.497 e. The summed E-state index contributed by atoms with van der Waals surface area (Å²) in [7, 11) is 3.75. The lowest BCUT2D eigenvalue weighted by atomic mass is 10.0. The molecule has 1 unspecified atom stereocenters. The lowest BCUT2D eigenvalue weighted by molar-refractivity contribution is 0.415. The molecule has 2 aromatic rings. The van der Waals surface area contributed by atoms with Crippen LogP contribution >= 0.6 is 11.3 Å². The molecular formula is C14H19NOS. The van der Waals surface area contributed by atoms with Crippen LogP contribution in [0.4, 0.5) is 0 Å². The number of hydrogen-bond donors (Lipinski definition) is 1. The summed E-state index contributed by atoms with van der Waals surface area (Å²) < 4.78 is 6.63. The molecule has 1 N–H and O–H groups in total. The van der Waals surface area contributed by atoms with E-state index in [9.17, 15) is 0 Å². The van der Waals surface area contributed by atoms with E-state index in [1.54, 1.807) is 7.11 Å². The second-order valence-corrected chi connectivity index (χ2v) is 5.13. The maximum absolute atomic E-state index is 5.29. The Morgan fingerprint density at radius 2 is 2.24 bits per heavy atom. The average Bonchev–Trinajstić information content (AvgIpc) is 2.78. The minimum Gasteiger partial charge on any atom is -0.497 e. The molecule has 1 atom stereocenters. The zero-order valence-corrected chi connectivity index (χ0v) is 11.4. The van der Waals surface area contributed by atoms with Gasteiger partial charge >= 0.3 is 0 Å². The Balaban J connectivity index is 2.33. The Bertz CT molecular complexity index is 488. The maximum atomic E-state index is 5.29. The summed E-state index contributed by atoms with van der Waals surface area (Å²) in [5.74, 6) is 0.939. The molecule has 2 rings (SSSR count). The monoisotopic (exact) mass is 249 g/mol. The fraction of sp³-hybridized carbons (Fsp3) is 0.429. The van der Waals surface area contributed by atoms with Gasteiger partial charge in [0.25, 0.3) is 0 Å². The van der Waals surface area contributed by atoms with Gasteiger partial charge < -0.3 is 10.1 Å². The fourth-order valence-electron chi connectivity index (χ4n) is 2.06. The minimum absolute atomic E-state index is 0.555. The zero-order chi connectivity index (χ0) is 12.3. The summed E-state index contributed by atoms with van der Waals surface area (Å²) in [5, 5.41) is 6.96. The van der Waals surface area contributed by atoms with E-state index in [4.69, 9.17) is 4.74 Å². The highest BCUT2D eigenvalue weighted by atomic mass is 32.1. The zero-order valence-electron chi connectivity index (χ0n) is 10.6. The molecule has 0 aliphatic heterocycles. The van der Waals surface area contributed by atoms with Gasteiger partial charge in [-0.2, -0.15) is 0 Å². The molecule has 0 saturated heterocycles. The maximum Gasteiger partial charge on any atom is 0.119 e. The van der Waals surface area contributed by atoms with Gasteiger partial charge in [-0.25, -0.2) is 0 Å². The first-order valence-electron chi connectivity index (χ1n) is 5.99. The standard InChI is InChI=1S/C14H19NOS/c1-4-11(15-2)7-10-9-17-14-6-5-12(16-3)8-13(10)14/h5-6,8-9,11,15H,4,7H2,1-3H3. The van der Waals surface area contributed by atoms with Gasteiger partial charge in [0.15, 0.2) is 0 Å². The molecule has 0 aliphatic rings. The van der Waals surface area contributed by atoms with Crippen LogP contribution in [0.15, 0.2) is 23.6 Å². The molecule has 92 valence electrons. The second kappa shape index (κ2) is 5.52. The van der Waals surface area contributed by atoms with Gasteiger partial charge in [0.1, 0.15) is 5.75 Å². The van der Waals surface area contributed by atoms with E-state index >= 15 is 0 Å². The van der Waals surface area contributed by atoms with Crippen molar-refractivity contribution in [1.29, 1.82) is 0 Å². The van der Waals surface area contributed by atoms with Crippen molar-refractivity contribution in [2.75, 3.05) is 14.2 Å². The number of nitrogens with one attached hydrogen (secondary N) is 1. The molecular weight excluding hydrogens is 230 g/mol. The quantitative estimate of drug-likeness (QED) is 0.876. The Labute approximate surface area is 107 Å². The van der Waals surface area contributed by atoms with E-state index in [1.807, 2.05) is 24.5 Å². The lowest BCUT2D eigenvalue weighted by Crippen LogP contribution is -2.26. The summed E-state index contributed by atoms with van der Waals surface area (Å²) in [6, 6.07) is 6.86. The topological polar surface area (TPSA) is 21.3 Å². The van der Waals surface area contributed by atoms with Crippen LogP contribution in [0.25, 0.3) is 10.1 Å².